The molecule has 0 saturated heterocycles. The van der Waals surface area contributed by atoms with E-state index >= 15 is 0 Å². The number of benzene rings is 4. The summed E-state index contributed by atoms with van der Waals surface area (Å²) in [5.41, 5.74) is 4.69. The third-order valence-electron chi connectivity index (χ3n) is 6.48. The highest BCUT2D eigenvalue weighted by Crippen LogP contribution is 2.33. The van der Waals surface area contributed by atoms with Gasteiger partial charge in [0.1, 0.15) is 11.5 Å². The van der Waals surface area contributed by atoms with E-state index in [2.05, 4.69) is 39.8 Å². The molecular formula is C32H32O3. The van der Waals surface area contributed by atoms with Crippen molar-refractivity contribution in [2.24, 2.45) is 0 Å². The van der Waals surface area contributed by atoms with E-state index in [0.717, 1.165) is 28.9 Å². The maximum Gasteiger partial charge on any atom is 0.343 e. The summed E-state index contributed by atoms with van der Waals surface area (Å²) in [5.74, 6) is 1.04. The van der Waals surface area contributed by atoms with Crippen molar-refractivity contribution >= 4 is 5.97 Å². The first kappa shape index (κ1) is 24.3. The molecule has 1 atom stereocenters. The van der Waals surface area contributed by atoms with Crippen LogP contribution in [-0.4, -0.2) is 12.1 Å². The van der Waals surface area contributed by atoms with Gasteiger partial charge in [0, 0.05) is 5.41 Å². The average molecular weight is 465 g/mol. The van der Waals surface area contributed by atoms with Gasteiger partial charge in [-0.2, -0.15) is 0 Å². The predicted octanol–water partition coefficient (Wildman–Crippen LogP) is 8.08. The number of rotatable bonds is 8. The normalized spacial score (nSPS) is 12.1. The maximum absolute atomic E-state index is 12.8. The molecule has 0 bridgehead atoms. The molecule has 0 heterocycles. The molecule has 0 fully saturated rings. The minimum Gasteiger partial charge on any atom is -0.491 e. The van der Waals surface area contributed by atoms with Crippen molar-refractivity contribution in [3.05, 3.63) is 120 Å². The first-order valence-corrected chi connectivity index (χ1v) is 12.1. The Morgan fingerprint density at radius 3 is 1.91 bits per heavy atom. The minimum absolute atomic E-state index is 0.199. The Labute approximate surface area is 208 Å². The fourth-order valence-electron chi connectivity index (χ4n) is 3.99. The Kier molecular flexibility index (Phi) is 7.36. The first-order chi connectivity index (χ1) is 16.9. The van der Waals surface area contributed by atoms with E-state index in [1.165, 1.54) is 5.56 Å². The molecule has 4 aromatic rings. The van der Waals surface area contributed by atoms with Crippen LogP contribution in [0.3, 0.4) is 0 Å². The van der Waals surface area contributed by atoms with Crippen LogP contribution in [0.4, 0.5) is 0 Å². The third kappa shape index (κ3) is 5.81. The minimum atomic E-state index is -0.369. The lowest BCUT2D eigenvalue weighted by molar-refractivity contribution is 0.0734. The fourth-order valence-corrected chi connectivity index (χ4v) is 3.99. The van der Waals surface area contributed by atoms with Crippen LogP contribution in [0.25, 0.3) is 11.1 Å². The van der Waals surface area contributed by atoms with Crippen molar-refractivity contribution < 1.29 is 14.3 Å². The summed E-state index contributed by atoms with van der Waals surface area (Å²) < 4.78 is 11.6. The van der Waals surface area contributed by atoms with Crippen LogP contribution in [0.15, 0.2) is 103 Å². The van der Waals surface area contributed by atoms with E-state index in [-0.39, 0.29) is 17.5 Å². The van der Waals surface area contributed by atoms with E-state index in [4.69, 9.17) is 9.47 Å². The van der Waals surface area contributed by atoms with Gasteiger partial charge in [0.2, 0.25) is 0 Å². The predicted molar refractivity (Wildman–Crippen MR) is 142 cm³/mol. The second-order valence-corrected chi connectivity index (χ2v) is 9.35. The van der Waals surface area contributed by atoms with E-state index < -0.39 is 0 Å². The Bertz CT molecular complexity index is 1260. The lowest BCUT2D eigenvalue weighted by Gasteiger charge is -2.26. The molecular weight excluding hydrogens is 432 g/mol. The number of carbonyl (C=O) groups excluding carboxylic acids is 1. The van der Waals surface area contributed by atoms with Gasteiger partial charge in [-0.3, -0.25) is 0 Å². The van der Waals surface area contributed by atoms with Crippen molar-refractivity contribution in [2.45, 2.75) is 45.6 Å². The summed E-state index contributed by atoms with van der Waals surface area (Å²) >= 11 is 0. The van der Waals surface area contributed by atoms with Gasteiger partial charge in [-0.15, -0.1) is 0 Å². The zero-order valence-corrected chi connectivity index (χ0v) is 20.8. The van der Waals surface area contributed by atoms with E-state index in [0.29, 0.717) is 11.3 Å². The molecule has 0 N–H and O–H groups in total. The SMILES string of the molecule is CCC(C)Oc1ccc(C(C)(C)c2ccc(OC(=O)c3cccc(-c4ccccc4)c3)cc2)cc1. The molecule has 0 saturated carbocycles. The zero-order chi connectivity index (χ0) is 24.8. The molecule has 4 rings (SSSR count). The summed E-state index contributed by atoms with van der Waals surface area (Å²) in [6, 6.07) is 33.6. The molecule has 0 aliphatic carbocycles. The number of esters is 1. The molecule has 0 aliphatic rings. The maximum atomic E-state index is 12.8. The Morgan fingerprint density at radius 2 is 1.31 bits per heavy atom. The topological polar surface area (TPSA) is 35.5 Å². The van der Waals surface area contributed by atoms with Crippen molar-refractivity contribution in [3.63, 3.8) is 0 Å². The lowest BCUT2D eigenvalue weighted by atomic mass is 9.78. The molecule has 35 heavy (non-hydrogen) atoms. The van der Waals surface area contributed by atoms with Crippen molar-refractivity contribution in [2.75, 3.05) is 0 Å². The molecule has 0 spiro atoms. The van der Waals surface area contributed by atoms with Gasteiger partial charge in [-0.05, 0) is 72.0 Å². The molecule has 3 nitrogen and oxygen atoms in total. The number of ether oxygens (including phenoxy) is 2. The van der Waals surface area contributed by atoms with Crippen molar-refractivity contribution in [1.29, 1.82) is 0 Å². The van der Waals surface area contributed by atoms with Gasteiger partial charge in [0.25, 0.3) is 0 Å². The Hall–Kier alpha value is -3.85. The van der Waals surface area contributed by atoms with Gasteiger partial charge < -0.3 is 9.47 Å². The molecule has 1 unspecified atom stereocenters. The van der Waals surface area contributed by atoms with Crippen LogP contribution in [-0.2, 0) is 5.41 Å². The largest absolute Gasteiger partial charge is 0.491 e. The Balaban J connectivity index is 1.45. The fraction of sp³-hybridized carbons (Fsp3) is 0.219. The summed E-state index contributed by atoms with van der Waals surface area (Å²) in [6.45, 7) is 8.57. The van der Waals surface area contributed by atoms with Crippen LogP contribution in [0, 0.1) is 0 Å². The zero-order valence-electron chi connectivity index (χ0n) is 20.8. The number of hydrogen-bond acceptors (Lipinski definition) is 3. The molecule has 4 aromatic carbocycles. The van der Waals surface area contributed by atoms with Crippen molar-refractivity contribution in [1.82, 2.24) is 0 Å². The summed E-state index contributed by atoms with van der Waals surface area (Å²) in [7, 11) is 0. The van der Waals surface area contributed by atoms with Crippen LogP contribution in [0.1, 0.15) is 55.6 Å². The molecule has 0 aliphatic heterocycles. The third-order valence-corrected chi connectivity index (χ3v) is 6.48. The lowest BCUT2D eigenvalue weighted by Crippen LogP contribution is -2.19. The molecule has 0 radical (unpaired) electrons. The van der Waals surface area contributed by atoms with Gasteiger partial charge in [0.15, 0.2) is 0 Å². The molecule has 178 valence electrons. The van der Waals surface area contributed by atoms with Gasteiger partial charge >= 0.3 is 5.97 Å². The monoisotopic (exact) mass is 464 g/mol. The van der Waals surface area contributed by atoms with Gasteiger partial charge in [0.05, 0.1) is 11.7 Å². The molecule has 0 aromatic heterocycles. The highest BCUT2D eigenvalue weighted by atomic mass is 16.5. The second-order valence-electron chi connectivity index (χ2n) is 9.35. The first-order valence-electron chi connectivity index (χ1n) is 12.1. The molecule has 3 heteroatoms. The van der Waals surface area contributed by atoms with Crippen LogP contribution in [0.2, 0.25) is 0 Å². The van der Waals surface area contributed by atoms with Crippen molar-refractivity contribution in [3.8, 4) is 22.6 Å². The number of hydrogen-bond donors (Lipinski definition) is 0. The summed E-state index contributed by atoms with van der Waals surface area (Å²) in [6.07, 6.45) is 1.17. The molecule has 0 amide bonds. The second kappa shape index (κ2) is 10.6. The highest BCUT2D eigenvalue weighted by molar-refractivity contribution is 5.92. The van der Waals surface area contributed by atoms with Gasteiger partial charge in [-0.1, -0.05) is 87.5 Å². The van der Waals surface area contributed by atoms with E-state index in [1.54, 1.807) is 6.07 Å². The number of carbonyl (C=O) groups is 1. The quantitative estimate of drug-likeness (QED) is 0.195. The van der Waals surface area contributed by atoms with E-state index in [9.17, 15) is 4.79 Å². The van der Waals surface area contributed by atoms with Crippen LogP contribution in [0.5, 0.6) is 11.5 Å². The summed E-state index contributed by atoms with van der Waals surface area (Å²) in [4.78, 5) is 12.8. The van der Waals surface area contributed by atoms with Gasteiger partial charge in [-0.25, -0.2) is 4.79 Å². The van der Waals surface area contributed by atoms with Crippen LogP contribution < -0.4 is 9.47 Å². The standard InChI is InChI=1S/C32H32O3/c1-5-23(2)34-29-18-14-27(15-19-29)32(3,4)28-16-20-30(21-17-28)35-31(33)26-13-9-12-25(22-26)24-10-7-6-8-11-24/h6-23H,5H2,1-4H3. The Morgan fingerprint density at radius 1 is 0.743 bits per heavy atom. The smallest absolute Gasteiger partial charge is 0.343 e. The summed E-state index contributed by atoms with van der Waals surface area (Å²) in [5, 5.41) is 0. The average Bonchev–Trinajstić information content (AvgIpc) is 2.90. The van der Waals surface area contributed by atoms with E-state index in [1.807, 2.05) is 84.9 Å². The highest BCUT2D eigenvalue weighted by Gasteiger charge is 2.23. The van der Waals surface area contributed by atoms with Crippen LogP contribution >= 0.6 is 0 Å².